The van der Waals surface area contributed by atoms with Gasteiger partial charge in [0, 0.05) is 13.1 Å². The number of hydrogen-bond donors (Lipinski definition) is 3. The Bertz CT molecular complexity index is 147. The second-order valence-electron chi connectivity index (χ2n) is 2.44. The average molecular weight is 160 g/mol. The summed E-state index contributed by atoms with van der Waals surface area (Å²) >= 11 is 0. The Hall–Kier alpha value is -0.810. The molecule has 1 fully saturated rings. The minimum absolute atomic E-state index is 0.191. The van der Waals surface area contributed by atoms with E-state index in [1.807, 2.05) is 0 Å². The molecule has 0 saturated carbocycles. The summed E-state index contributed by atoms with van der Waals surface area (Å²) in [5.74, 6) is 0. The Morgan fingerprint density at radius 2 is 2.18 bits per heavy atom. The lowest BCUT2D eigenvalue weighted by Gasteiger charge is -2.22. The van der Waals surface area contributed by atoms with Crippen molar-refractivity contribution in [1.29, 1.82) is 0 Å². The summed E-state index contributed by atoms with van der Waals surface area (Å²) in [6.45, 7) is 0.772. The van der Waals surface area contributed by atoms with Gasteiger partial charge >= 0.3 is 6.03 Å². The quantitative estimate of drug-likeness (QED) is 0.464. The molecule has 1 rings (SSSR count). The zero-order chi connectivity index (χ0) is 8.27. The lowest BCUT2D eigenvalue weighted by Crippen LogP contribution is -2.42. The van der Waals surface area contributed by atoms with Crippen molar-refractivity contribution in [3.05, 3.63) is 0 Å². The summed E-state index contributed by atoms with van der Waals surface area (Å²) in [5.41, 5.74) is 0. The summed E-state index contributed by atoms with van der Waals surface area (Å²) in [7, 11) is 0. The van der Waals surface area contributed by atoms with Crippen LogP contribution in [-0.2, 0) is 0 Å². The van der Waals surface area contributed by atoms with Gasteiger partial charge in [-0.15, -0.1) is 0 Å². The summed E-state index contributed by atoms with van der Waals surface area (Å²) in [6.07, 6.45) is 0. The molecule has 2 amide bonds. The van der Waals surface area contributed by atoms with Gasteiger partial charge in [-0.1, -0.05) is 0 Å². The van der Waals surface area contributed by atoms with Crippen molar-refractivity contribution in [2.24, 2.45) is 0 Å². The Morgan fingerprint density at radius 3 is 2.55 bits per heavy atom. The third-order valence-corrected chi connectivity index (χ3v) is 1.75. The topological polar surface area (TPSA) is 72.8 Å². The molecule has 1 aliphatic rings. The minimum atomic E-state index is -0.447. The fraction of sp³-hybridized carbons (Fsp3) is 0.833. The first kappa shape index (κ1) is 8.29. The van der Waals surface area contributed by atoms with Crippen LogP contribution in [0.25, 0.3) is 0 Å². The predicted molar refractivity (Wildman–Crippen MR) is 38.1 cm³/mol. The van der Waals surface area contributed by atoms with E-state index in [4.69, 9.17) is 10.2 Å². The van der Waals surface area contributed by atoms with Crippen molar-refractivity contribution in [2.75, 3.05) is 26.3 Å². The monoisotopic (exact) mass is 160 g/mol. The predicted octanol–water partition coefficient (Wildman–Crippen LogP) is -1.64. The molecule has 1 aliphatic heterocycles. The Labute approximate surface area is 64.6 Å². The number of carbonyl (C=O) groups excluding carboxylic acids is 1. The van der Waals surface area contributed by atoms with Crippen LogP contribution in [0, 0.1) is 0 Å². The first-order valence-corrected chi connectivity index (χ1v) is 3.55. The number of aliphatic hydroxyl groups is 2. The van der Waals surface area contributed by atoms with Crippen LogP contribution >= 0.6 is 0 Å². The van der Waals surface area contributed by atoms with E-state index in [2.05, 4.69) is 5.32 Å². The van der Waals surface area contributed by atoms with Crippen LogP contribution in [0.5, 0.6) is 0 Å². The molecule has 0 aromatic rings. The van der Waals surface area contributed by atoms with Crippen molar-refractivity contribution in [3.8, 4) is 0 Å². The second kappa shape index (κ2) is 3.54. The molecule has 5 heteroatoms. The van der Waals surface area contributed by atoms with Gasteiger partial charge < -0.3 is 20.4 Å². The summed E-state index contributed by atoms with van der Waals surface area (Å²) in [6, 6.07) is -0.657. The number of urea groups is 1. The van der Waals surface area contributed by atoms with E-state index in [9.17, 15) is 4.79 Å². The van der Waals surface area contributed by atoms with Crippen LogP contribution in [0.4, 0.5) is 4.79 Å². The molecule has 64 valence electrons. The number of carbonyl (C=O) groups is 1. The highest BCUT2D eigenvalue weighted by molar-refractivity contribution is 5.76. The lowest BCUT2D eigenvalue weighted by atomic mass is 10.3. The van der Waals surface area contributed by atoms with Gasteiger partial charge in [-0.2, -0.15) is 0 Å². The molecular formula is C6H12N2O3. The number of aliphatic hydroxyl groups excluding tert-OH is 2. The first-order chi connectivity index (χ1) is 5.29. The van der Waals surface area contributed by atoms with Gasteiger partial charge in [-0.05, 0) is 0 Å². The van der Waals surface area contributed by atoms with Crippen LogP contribution in [-0.4, -0.2) is 53.5 Å². The van der Waals surface area contributed by atoms with Gasteiger partial charge in [0.15, 0.2) is 0 Å². The van der Waals surface area contributed by atoms with Gasteiger partial charge in [0.05, 0.1) is 19.3 Å². The van der Waals surface area contributed by atoms with Gasteiger partial charge in [0.1, 0.15) is 0 Å². The molecule has 0 atom stereocenters. The van der Waals surface area contributed by atoms with Crippen LogP contribution in [0.2, 0.25) is 0 Å². The van der Waals surface area contributed by atoms with Crippen LogP contribution < -0.4 is 5.32 Å². The average Bonchev–Trinajstić information content (AvgIpc) is 2.40. The van der Waals surface area contributed by atoms with Crippen molar-refractivity contribution >= 4 is 6.03 Å². The second-order valence-corrected chi connectivity index (χ2v) is 2.44. The molecule has 1 saturated heterocycles. The third kappa shape index (κ3) is 1.61. The maximum absolute atomic E-state index is 10.9. The fourth-order valence-electron chi connectivity index (χ4n) is 1.09. The number of rotatable bonds is 3. The molecule has 0 bridgehead atoms. The molecule has 5 nitrogen and oxygen atoms in total. The van der Waals surface area contributed by atoms with Crippen molar-refractivity contribution in [2.45, 2.75) is 6.04 Å². The number of nitrogens with one attached hydrogen (secondary N) is 1. The van der Waals surface area contributed by atoms with E-state index >= 15 is 0 Å². The van der Waals surface area contributed by atoms with E-state index in [0.29, 0.717) is 13.1 Å². The zero-order valence-corrected chi connectivity index (χ0v) is 6.16. The summed E-state index contributed by atoms with van der Waals surface area (Å²) < 4.78 is 0. The standard InChI is InChI=1S/C6H12N2O3/c9-3-5(4-10)8-2-1-7-6(8)11/h5,9-10H,1-4H2,(H,7,11). The molecule has 0 aromatic carbocycles. The van der Waals surface area contributed by atoms with E-state index in [1.165, 1.54) is 4.90 Å². The molecule has 3 N–H and O–H groups in total. The summed E-state index contributed by atoms with van der Waals surface area (Å²) in [4.78, 5) is 12.4. The highest BCUT2D eigenvalue weighted by atomic mass is 16.3. The number of amides is 2. The molecule has 0 aromatic heterocycles. The Morgan fingerprint density at radius 1 is 1.55 bits per heavy atom. The van der Waals surface area contributed by atoms with Crippen molar-refractivity contribution < 1.29 is 15.0 Å². The lowest BCUT2D eigenvalue weighted by molar-refractivity contribution is 0.104. The number of nitrogens with zero attached hydrogens (tertiary/aromatic N) is 1. The smallest absolute Gasteiger partial charge is 0.317 e. The van der Waals surface area contributed by atoms with E-state index in [-0.39, 0.29) is 19.2 Å². The van der Waals surface area contributed by atoms with Gasteiger partial charge in [0.25, 0.3) is 0 Å². The molecule has 0 spiro atoms. The maximum atomic E-state index is 10.9. The highest BCUT2D eigenvalue weighted by Gasteiger charge is 2.26. The number of hydrogen-bond acceptors (Lipinski definition) is 3. The minimum Gasteiger partial charge on any atom is -0.394 e. The zero-order valence-electron chi connectivity index (χ0n) is 6.16. The van der Waals surface area contributed by atoms with E-state index in [0.717, 1.165) is 0 Å². The highest BCUT2D eigenvalue weighted by Crippen LogP contribution is 2.02. The molecule has 0 radical (unpaired) electrons. The summed E-state index contributed by atoms with van der Waals surface area (Å²) in [5, 5.41) is 20.0. The van der Waals surface area contributed by atoms with Crippen LogP contribution in [0.3, 0.4) is 0 Å². The van der Waals surface area contributed by atoms with Crippen LogP contribution in [0.1, 0.15) is 0 Å². The third-order valence-electron chi connectivity index (χ3n) is 1.75. The van der Waals surface area contributed by atoms with Crippen molar-refractivity contribution in [3.63, 3.8) is 0 Å². The van der Waals surface area contributed by atoms with Gasteiger partial charge in [-0.25, -0.2) is 4.79 Å². The molecule has 11 heavy (non-hydrogen) atoms. The fourth-order valence-corrected chi connectivity index (χ4v) is 1.09. The first-order valence-electron chi connectivity index (χ1n) is 3.55. The van der Waals surface area contributed by atoms with Crippen LogP contribution in [0.15, 0.2) is 0 Å². The maximum Gasteiger partial charge on any atom is 0.317 e. The Balaban J connectivity index is 2.49. The van der Waals surface area contributed by atoms with E-state index in [1.54, 1.807) is 0 Å². The normalized spacial score (nSPS) is 17.7. The van der Waals surface area contributed by atoms with E-state index < -0.39 is 6.04 Å². The SMILES string of the molecule is O=C1NCCN1C(CO)CO. The van der Waals surface area contributed by atoms with Crippen molar-refractivity contribution in [1.82, 2.24) is 10.2 Å². The molecular weight excluding hydrogens is 148 g/mol. The van der Waals surface area contributed by atoms with Gasteiger partial charge in [-0.3, -0.25) is 0 Å². The molecule has 1 heterocycles. The molecule has 0 aliphatic carbocycles. The van der Waals surface area contributed by atoms with Gasteiger partial charge in [0.2, 0.25) is 0 Å². The molecule has 0 unspecified atom stereocenters. The largest absolute Gasteiger partial charge is 0.394 e. The Kier molecular flexibility index (Phi) is 2.67.